The van der Waals surface area contributed by atoms with Gasteiger partial charge in [-0.15, -0.1) is 0 Å². The van der Waals surface area contributed by atoms with Crippen LogP contribution in [0.1, 0.15) is 10.5 Å². The van der Waals surface area contributed by atoms with Crippen molar-refractivity contribution in [1.82, 2.24) is 9.77 Å². The van der Waals surface area contributed by atoms with Gasteiger partial charge >= 0.3 is 11.7 Å². The van der Waals surface area contributed by atoms with Gasteiger partial charge in [-0.1, -0.05) is 9.27 Å². The van der Waals surface area contributed by atoms with Crippen LogP contribution >= 0.6 is 0 Å². The molecule has 0 aliphatic carbocycles. The van der Waals surface area contributed by atoms with Gasteiger partial charge in [0.05, 0.1) is 0 Å². The Morgan fingerprint density at radius 1 is 1.54 bits per heavy atom. The quantitative estimate of drug-likeness (QED) is 0.541. The largest absolute Gasteiger partial charge is 0.477 e. The van der Waals surface area contributed by atoms with Crippen molar-refractivity contribution in [2.75, 3.05) is 0 Å². The predicted molar refractivity (Wildman–Crippen MR) is 38.4 cm³/mol. The SMILES string of the molecule is O.O=C(O)c1cc(=O)n(F)c(=O)[nH]1. The van der Waals surface area contributed by atoms with Gasteiger partial charge in [-0.2, -0.15) is 0 Å². The molecule has 1 heterocycles. The van der Waals surface area contributed by atoms with E-state index < -0.39 is 27.7 Å². The van der Waals surface area contributed by atoms with Crippen LogP contribution in [0.15, 0.2) is 15.7 Å². The Balaban J connectivity index is 0.00000144. The summed E-state index contributed by atoms with van der Waals surface area (Å²) in [5.41, 5.74) is -3.35. The molecule has 0 aliphatic rings. The van der Waals surface area contributed by atoms with Gasteiger partial charge in [-0.05, 0) is 0 Å². The van der Waals surface area contributed by atoms with Crippen LogP contribution in [-0.4, -0.2) is 26.3 Å². The molecular formula is C5H5FN2O5. The summed E-state index contributed by atoms with van der Waals surface area (Å²) in [6.45, 7) is 0. The highest BCUT2D eigenvalue weighted by Crippen LogP contribution is 1.83. The first kappa shape index (κ1) is 11.0. The maximum Gasteiger partial charge on any atom is 0.357 e. The van der Waals surface area contributed by atoms with Crippen LogP contribution in [0, 0.1) is 0 Å². The Hall–Kier alpha value is -1.96. The maximum absolute atomic E-state index is 12.2. The molecule has 0 fully saturated rings. The number of hydrogen-bond donors (Lipinski definition) is 2. The van der Waals surface area contributed by atoms with Crippen LogP contribution in [-0.2, 0) is 0 Å². The number of aromatic carboxylic acids is 1. The minimum Gasteiger partial charge on any atom is -0.477 e. The second-order valence-corrected chi connectivity index (χ2v) is 1.91. The number of aromatic amines is 1. The third-order valence-electron chi connectivity index (χ3n) is 1.11. The van der Waals surface area contributed by atoms with E-state index in [1.807, 2.05) is 0 Å². The van der Waals surface area contributed by atoms with Crippen LogP contribution in [0.4, 0.5) is 4.48 Å². The van der Waals surface area contributed by atoms with Crippen molar-refractivity contribution in [2.45, 2.75) is 0 Å². The molecule has 8 heteroatoms. The number of nitrogens with one attached hydrogen (secondary N) is 1. The van der Waals surface area contributed by atoms with Crippen molar-refractivity contribution in [1.29, 1.82) is 0 Å². The number of carboxylic acid groups (broad SMARTS) is 1. The van der Waals surface area contributed by atoms with Crippen molar-refractivity contribution < 1.29 is 19.9 Å². The molecule has 0 bridgehead atoms. The number of aromatic nitrogens is 2. The summed E-state index contributed by atoms with van der Waals surface area (Å²) in [5.74, 6) is -1.50. The lowest BCUT2D eigenvalue weighted by molar-refractivity contribution is 0.0688. The standard InChI is InChI=1S/C5H3FN2O4.H2O/c6-8-3(9)1-2(4(10)11)7-5(8)12;/h1H,(H,7,12)(H,10,11);1H2. The number of H-pyrrole nitrogens is 1. The van der Waals surface area contributed by atoms with Crippen molar-refractivity contribution in [3.63, 3.8) is 0 Å². The molecule has 0 spiro atoms. The predicted octanol–water partition coefficient (Wildman–Crippen LogP) is -1.86. The second-order valence-electron chi connectivity index (χ2n) is 1.91. The zero-order valence-electron chi connectivity index (χ0n) is 6.07. The van der Waals surface area contributed by atoms with Crippen LogP contribution in [0.3, 0.4) is 0 Å². The molecule has 4 N–H and O–H groups in total. The fraction of sp³-hybridized carbons (Fsp3) is 0. The molecule has 0 saturated heterocycles. The maximum atomic E-state index is 12.2. The number of hydrogen-bond acceptors (Lipinski definition) is 3. The van der Waals surface area contributed by atoms with Crippen LogP contribution in [0.2, 0.25) is 0 Å². The fourth-order valence-corrected chi connectivity index (χ4v) is 0.596. The van der Waals surface area contributed by atoms with E-state index in [4.69, 9.17) is 5.11 Å². The lowest BCUT2D eigenvalue weighted by Crippen LogP contribution is -2.31. The zero-order chi connectivity index (χ0) is 9.30. The summed E-state index contributed by atoms with van der Waals surface area (Å²) >= 11 is 0. The van der Waals surface area contributed by atoms with E-state index in [0.717, 1.165) is 0 Å². The molecule has 0 amide bonds. The first-order chi connectivity index (χ1) is 5.52. The Bertz CT molecular complexity index is 402. The third kappa shape index (κ3) is 1.99. The average Bonchev–Trinajstić information content (AvgIpc) is 1.99. The summed E-state index contributed by atoms with van der Waals surface area (Å²) in [4.78, 5) is 32.0. The highest BCUT2D eigenvalue weighted by molar-refractivity contribution is 5.84. The summed E-state index contributed by atoms with van der Waals surface area (Å²) < 4.78 is 12.2. The number of carboxylic acids is 1. The molecule has 13 heavy (non-hydrogen) atoms. The van der Waals surface area contributed by atoms with E-state index in [2.05, 4.69) is 0 Å². The van der Waals surface area contributed by atoms with Crippen LogP contribution < -0.4 is 11.2 Å². The van der Waals surface area contributed by atoms with Crippen molar-refractivity contribution in [3.8, 4) is 0 Å². The summed E-state index contributed by atoms with van der Waals surface area (Å²) in [7, 11) is 0. The Morgan fingerprint density at radius 2 is 2.08 bits per heavy atom. The molecule has 0 radical (unpaired) electrons. The topological polar surface area (TPSA) is 124 Å². The van der Waals surface area contributed by atoms with Gasteiger partial charge in [0.1, 0.15) is 5.69 Å². The van der Waals surface area contributed by atoms with E-state index in [1.54, 1.807) is 4.98 Å². The molecule has 72 valence electrons. The third-order valence-corrected chi connectivity index (χ3v) is 1.11. The fourth-order valence-electron chi connectivity index (χ4n) is 0.596. The van der Waals surface area contributed by atoms with Gasteiger partial charge in [0.2, 0.25) is 0 Å². The van der Waals surface area contributed by atoms with E-state index in [-0.39, 0.29) is 5.48 Å². The molecule has 0 atom stereocenters. The van der Waals surface area contributed by atoms with E-state index in [1.165, 1.54) is 0 Å². The smallest absolute Gasteiger partial charge is 0.357 e. The molecule has 0 saturated carbocycles. The number of carbonyl (C=O) groups is 1. The monoisotopic (exact) mass is 192 g/mol. The van der Waals surface area contributed by atoms with E-state index >= 15 is 0 Å². The highest BCUT2D eigenvalue weighted by Gasteiger charge is 2.08. The van der Waals surface area contributed by atoms with Gasteiger partial charge in [0.15, 0.2) is 0 Å². The molecule has 0 aliphatic heterocycles. The molecule has 0 unspecified atom stereocenters. The normalized spacial score (nSPS) is 9.00. The second kappa shape index (κ2) is 3.63. The number of rotatable bonds is 1. The molecule has 1 rings (SSSR count). The number of nitrogens with zero attached hydrogens (tertiary/aromatic N) is 1. The first-order valence-electron chi connectivity index (χ1n) is 2.78. The van der Waals surface area contributed by atoms with Gasteiger partial charge in [-0.3, -0.25) is 9.78 Å². The Morgan fingerprint density at radius 3 is 2.46 bits per heavy atom. The molecule has 0 aromatic carbocycles. The minimum atomic E-state index is -1.50. The van der Waals surface area contributed by atoms with Gasteiger partial charge < -0.3 is 10.6 Å². The van der Waals surface area contributed by atoms with Gasteiger partial charge in [-0.25, -0.2) is 9.59 Å². The minimum absolute atomic E-state index is 0. The lowest BCUT2D eigenvalue weighted by Gasteiger charge is -1.92. The van der Waals surface area contributed by atoms with Crippen molar-refractivity contribution in [2.24, 2.45) is 0 Å². The number of halogens is 1. The molecule has 1 aromatic rings. The van der Waals surface area contributed by atoms with E-state index in [0.29, 0.717) is 6.07 Å². The molecule has 7 nitrogen and oxygen atoms in total. The first-order valence-corrected chi connectivity index (χ1v) is 2.78. The van der Waals surface area contributed by atoms with Crippen LogP contribution in [0.5, 0.6) is 0 Å². The molecular weight excluding hydrogens is 187 g/mol. The summed E-state index contributed by atoms with van der Waals surface area (Å²) in [6.07, 6.45) is 0. The van der Waals surface area contributed by atoms with Crippen LogP contribution in [0.25, 0.3) is 0 Å². The van der Waals surface area contributed by atoms with Crippen molar-refractivity contribution in [3.05, 3.63) is 32.6 Å². The molecule has 1 aromatic heterocycles. The Labute approximate surface area is 69.3 Å². The van der Waals surface area contributed by atoms with E-state index in [9.17, 15) is 18.9 Å². The van der Waals surface area contributed by atoms with Gasteiger partial charge in [0, 0.05) is 6.07 Å². The average molecular weight is 192 g/mol. The Kier molecular flexibility index (Phi) is 3.08. The lowest BCUT2D eigenvalue weighted by atomic mass is 10.4. The van der Waals surface area contributed by atoms with Crippen molar-refractivity contribution >= 4 is 5.97 Å². The summed E-state index contributed by atoms with van der Waals surface area (Å²) in [6, 6.07) is 0.476. The zero-order valence-corrected chi connectivity index (χ0v) is 6.07. The highest BCUT2D eigenvalue weighted by atomic mass is 19.2. The van der Waals surface area contributed by atoms with Gasteiger partial charge in [0.25, 0.3) is 5.56 Å². The summed E-state index contributed by atoms with van der Waals surface area (Å²) in [5, 5.41) is 8.28.